The Morgan fingerprint density at radius 1 is 1.00 bits per heavy atom. The van der Waals surface area contributed by atoms with E-state index in [1.807, 2.05) is 17.0 Å². The number of carbonyl (C=O) groups excluding carboxylic acids is 1. The highest BCUT2D eigenvalue weighted by Crippen LogP contribution is 2.40. The summed E-state index contributed by atoms with van der Waals surface area (Å²) in [4.78, 5) is 57.8. The fraction of sp³-hybridized carbons (Fsp3) is 0.300. The lowest BCUT2D eigenvalue weighted by atomic mass is 10.1. The van der Waals surface area contributed by atoms with Crippen LogP contribution in [0.3, 0.4) is 0 Å². The summed E-state index contributed by atoms with van der Waals surface area (Å²) in [6.07, 6.45) is 5.00. The third kappa shape index (κ3) is 7.06. The number of carbonyl (C=O) groups is 2. The van der Waals surface area contributed by atoms with Gasteiger partial charge in [-0.25, -0.2) is 19.2 Å². The van der Waals surface area contributed by atoms with E-state index in [4.69, 9.17) is 31.5 Å². The lowest BCUT2D eigenvalue weighted by molar-refractivity contribution is -0.112. The number of rotatable bonds is 11. The molecule has 1 amide bonds. The molecule has 4 heterocycles. The van der Waals surface area contributed by atoms with Crippen LogP contribution in [-0.4, -0.2) is 96.3 Å². The van der Waals surface area contributed by atoms with E-state index in [-0.39, 0.29) is 47.0 Å². The van der Waals surface area contributed by atoms with Crippen molar-refractivity contribution >= 4 is 63.2 Å². The number of pyridine rings is 1. The van der Waals surface area contributed by atoms with E-state index in [9.17, 15) is 19.5 Å². The Morgan fingerprint density at radius 3 is 2.35 bits per heavy atom. The normalized spacial score (nSPS) is 16.4. The van der Waals surface area contributed by atoms with Crippen molar-refractivity contribution in [1.82, 2.24) is 19.4 Å². The lowest BCUT2D eigenvalue weighted by Gasteiger charge is -2.38. The third-order valence-electron chi connectivity index (χ3n) is 10.5. The summed E-state index contributed by atoms with van der Waals surface area (Å²) in [7, 11) is 4.61. The summed E-state index contributed by atoms with van der Waals surface area (Å²) < 4.78 is 33.8. The molecule has 0 unspecified atom stereocenters. The van der Waals surface area contributed by atoms with Crippen molar-refractivity contribution in [2.24, 2.45) is 4.99 Å². The molecule has 2 aromatic heterocycles. The van der Waals surface area contributed by atoms with Crippen LogP contribution in [0.15, 0.2) is 64.6 Å². The number of nitrogen functional groups attached to an aromatic ring is 1. The number of carboxylic acid groups (broad SMARTS) is 1. The van der Waals surface area contributed by atoms with E-state index in [0.29, 0.717) is 82.9 Å². The number of hydrogen-bond acceptors (Lipinski definition) is 12. The van der Waals surface area contributed by atoms with Gasteiger partial charge in [0.2, 0.25) is 11.2 Å². The Morgan fingerprint density at radius 2 is 1.72 bits per heavy atom. The maximum absolute atomic E-state index is 15.6. The summed E-state index contributed by atoms with van der Waals surface area (Å²) in [6.45, 7) is 2.11. The molecular formula is C40H38ClFN8O7. The second-order valence-corrected chi connectivity index (χ2v) is 14.5. The first-order chi connectivity index (χ1) is 27.5. The van der Waals surface area contributed by atoms with Crippen molar-refractivity contribution in [3.05, 3.63) is 98.2 Å². The minimum absolute atomic E-state index is 0.00887. The fourth-order valence-corrected chi connectivity index (χ4v) is 7.60. The maximum Gasteiger partial charge on any atom is 0.341 e. The second-order valence-electron chi connectivity index (χ2n) is 14.0. The van der Waals surface area contributed by atoms with Crippen LogP contribution >= 0.6 is 11.6 Å². The quantitative estimate of drug-likeness (QED) is 0.182. The van der Waals surface area contributed by atoms with Crippen LogP contribution in [0.4, 0.5) is 27.5 Å². The molecule has 0 spiro atoms. The van der Waals surface area contributed by atoms with E-state index in [2.05, 4.69) is 19.9 Å². The maximum atomic E-state index is 15.6. The summed E-state index contributed by atoms with van der Waals surface area (Å²) >= 11 is 6.39. The Labute approximate surface area is 330 Å². The Bertz CT molecular complexity index is 2530. The number of aromatic nitrogens is 3. The van der Waals surface area contributed by atoms with Crippen LogP contribution < -0.4 is 35.2 Å². The molecule has 1 saturated carbocycles. The number of methoxy groups -OCH3 is 3. The molecule has 0 radical (unpaired) electrons. The largest absolute Gasteiger partial charge is 0.493 e. The molecule has 1 saturated heterocycles. The molecule has 0 bridgehead atoms. The van der Waals surface area contributed by atoms with E-state index in [1.54, 1.807) is 39.9 Å². The minimum atomic E-state index is -1.34. The van der Waals surface area contributed by atoms with Gasteiger partial charge in [-0.3, -0.25) is 19.4 Å². The first kappa shape index (κ1) is 37.7. The SMILES string of the molecule is COc1cc(Cc2cnc(/N=C3/C(=O)N(CN4CCN(c5cc6c(cc5F)c(=O)c(C(=O)O)cn6C5CC5)CC4)c4ccc(Cl)cc43)nc2N)cc(OC)c1OC. The second kappa shape index (κ2) is 15.0. The predicted octanol–water partition coefficient (Wildman–Crippen LogP) is 5.06. The molecule has 3 aromatic carbocycles. The van der Waals surface area contributed by atoms with E-state index >= 15 is 4.39 Å². The van der Waals surface area contributed by atoms with Gasteiger partial charge in [-0.1, -0.05) is 11.6 Å². The van der Waals surface area contributed by atoms with Crippen LogP contribution in [0.1, 0.15) is 45.9 Å². The Balaban J connectivity index is 0.996. The van der Waals surface area contributed by atoms with Gasteiger partial charge in [0.25, 0.3) is 11.9 Å². The van der Waals surface area contributed by atoms with E-state index in [1.165, 1.54) is 27.5 Å². The predicted molar refractivity (Wildman–Crippen MR) is 213 cm³/mol. The highest BCUT2D eigenvalue weighted by atomic mass is 35.5. The zero-order valence-electron chi connectivity index (χ0n) is 31.3. The van der Waals surface area contributed by atoms with Crippen molar-refractivity contribution in [1.29, 1.82) is 0 Å². The molecule has 2 fully saturated rings. The topological polar surface area (TPSA) is 178 Å². The van der Waals surface area contributed by atoms with Gasteiger partial charge in [-0.15, -0.1) is 0 Å². The minimum Gasteiger partial charge on any atom is -0.493 e. The smallest absolute Gasteiger partial charge is 0.341 e. The molecule has 17 heteroatoms. The molecule has 0 atom stereocenters. The first-order valence-electron chi connectivity index (χ1n) is 18.2. The van der Waals surface area contributed by atoms with Gasteiger partial charge in [-0.05, 0) is 60.9 Å². The average molecular weight is 797 g/mol. The highest BCUT2D eigenvalue weighted by Gasteiger charge is 2.36. The summed E-state index contributed by atoms with van der Waals surface area (Å²) in [6, 6.07) is 11.6. The van der Waals surface area contributed by atoms with E-state index in [0.717, 1.165) is 24.5 Å². The summed E-state index contributed by atoms with van der Waals surface area (Å²) in [5, 5.41) is 10.1. The molecule has 5 aromatic rings. The van der Waals surface area contributed by atoms with Crippen molar-refractivity contribution in [2.45, 2.75) is 25.3 Å². The number of ether oxygens (including phenoxy) is 3. The molecule has 1 aliphatic carbocycles. The van der Waals surface area contributed by atoms with E-state index < -0.39 is 17.2 Å². The van der Waals surface area contributed by atoms with Crippen LogP contribution in [0, 0.1) is 5.82 Å². The Hall–Kier alpha value is -6.26. The van der Waals surface area contributed by atoms with Gasteiger partial charge < -0.3 is 34.5 Å². The molecule has 15 nitrogen and oxygen atoms in total. The van der Waals surface area contributed by atoms with Crippen LogP contribution in [0.2, 0.25) is 5.02 Å². The summed E-state index contributed by atoms with van der Waals surface area (Å²) in [5.41, 5.74) is 8.87. The zero-order chi connectivity index (χ0) is 40.1. The van der Waals surface area contributed by atoms with Gasteiger partial charge in [0.15, 0.2) is 11.5 Å². The number of aliphatic imine (C=N–C) groups is 1. The molecule has 8 rings (SSSR count). The standard InChI is InChI=1S/C40H38ClFN8O7/c1-55-32-13-21(14-33(56-2)36(32)57-3)12-22-18-44-40(46-37(22)43)45-34-25-15-23(41)4-7-29(25)50(38(34)52)20-47-8-10-48(11-9-47)31-17-30-26(16-28(31)42)35(51)27(39(53)54)19-49(30)24-5-6-24/h4,7,13-19,24H,5-6,8-12,20H2,1-3H3,(H,53,54)(H2,43,44,46)/b45-34+. The number of nitrogens with zero attached hydrogens (tertiary/aromatic N) is 7. The average Bonchev–Trinajstić information content (AvgIpc) is 4.02. The van der Waals surface area contributed by atoms with Crippen LogP contribution in [0.5, 0.6) is 17.2 Å². The molecule has 2 aliphatic heterocycles. The lowest BCUT2D eigenvalue weighted by Crippen LogP contribution is -2.51. The van der Waals surface area contributed by atoms with Gasteiger partial charge in [0.05, 0.1) is 44.9 Å². The number of fused-ring (bicyclic) bond motifs is 2. The number of benzene rings is 3. The highest BCUT2D eigenvalue weighted by molar-refractivity contribution is 6.55. The number of halogens is 2. The number of carboxylic acids is 1. The zero-order valence-corrected chi connectivity index (χ0v) is 32.0. The first-order valence-corrected chi connectivity index (χ1v) is 18.6. The Kier molecular flexibility index (Phi) is 9.91. The number of anilines is 3. The molecule has 3 N–H and O–H groups in total. The molecule has 3 aliphatic rings. The molecule has 294 valence electrons. The molecular weight excluding hydrogens is 759 g/mol. The van der Waals surface area contributed by atoms with Crippen molar-refractivity contribution < 1.29 is 33.3 Å². The number of aromatic carboxylic acids is 1. The number of hydrogen-bond donors (Lipinski definition) is 2. The van der Waals surface area contributed by atoms with Gasteiger partial charge in [0.1, 0.15) is 22.9 Å². The summed E-state index contributed by atoms with van der Waals surface area (Å²) in [5.74, 6) is -0.642. The third-order valence-corrected chi connectivity index (χ3v) is 10.7. The van der Waals surface area contributed by atoms with Crippen molar-refractivity contribution in [3.8, 4) is 17.2 Å². The van der Waals surface area contributed by atoms with Gasteiger partial charge in [0, 0.05) is 72.6 Å². The number of nitrogens with two attached hydrogens (primary N) is 1. The fourth-order valence-electron chi connectivity index (χ4n) is 7.43. The monoisotopic (exact) mass is 796 g/mol. The number of piperazine rings is 1. The van der Waals surface area contributed by atoms with Crippen molar-refractivity contribution in [3.63, 3.8) is 0 Å². The van der Waals surface area contributed by atoms with Crippen LogP contribution in [0.25, 0.3) is 10.9 Å². The van der Waals surface area contributed by atoms with Crippen LogP contribution in [-0.2, 0) is 11.2 Å². The van der Waals surface area contributed by atoms with Gasteiger partial charge >= 0.3 is 5.97 Å². The van der Waals surface area contributed by atoms with Gasteiger partial charge in [-0.2, -0.15) is 4.98 Å². The van der Waals surface area contributed by atoms with Crippen molar-refractivity contribution in [2.75, 3.05) is 69.7 Å². The number of amides is 1. The molecule has 57 heavy (non-hydrogen) atoms.